The van der Waals surface area contributed by atoms with Gasteiger partial charge in [-0.15, -0.1) is 0 Å². The highest BCUT2D eigenvalue weighted by Crippen LogP contribution is 2.41. The largest absolute Gasteiger partial charge is 0.298 e. The van der Waals surface area contributed by atoms with E-state index in [0.29, 0.717) is 5.41 Å². The van der Waals surface area contributed by atoms with E-state index in [-0.39, 0.29) is 0 Å². The summed E-state index contributed by atoms with van der Waals surface area (Å²) < 4.78 is 0. The highest BCUT2D eigenvalue weighted by atomic mass is 79.9. The third-order valence-electron chi connectivity index (χ3n) is 4.50. The summed E-state index contributed by atoms with van der Waals surface area (Å²) in [6.07, 6.45) is 5.75. The molecule has 2 aliphatic rings. The predicted molar refractivity (Wildman–Crippen MR) is 77.7 cm³/mol. The SMILES string of the molecule is CC1SCCN(CC2(CBr)CCCC2)C1C. The van der Waals surface area contributed by atoms with E-state index in [2.05, 4.69) is 46.4 Å². The molecule has 16 heavy (non-hydrogen) atoms. The van der Waals surface area contributed by atoms with Gasteiger partial charge in [0.05, 0.1) is 0 Å². The maximum atomic E-state index is 3.76. The summed E-state index contributed by atoms with van der Waals surface area (Å²) in [5.74, 6) is 1.32. The summed E-state index contributed by atoms with van der Waals surface area (Å²) in [4.78, 5) is 2.74. The summed E-state index contributed by atoms with van der Waals surface area (Å²) in [7, 11) is 0. The molecule has 2 atom stereocenters. The van der Waals surface area contributed by atoms with Crippen LogP contribution in [0.15, 0.2) is 0 Å². The van der Waals surface area contributed by atoms with Crippen LogP contribution in [0.3, 0.4) is 0 Å². The van der Waals surface area contributed by atoms with Gasteiger partial charge in [0.1, 0.15) is 0 Å². The summed E-state index contributed by atoms with van der Waals surface area (Å²) >= 11 is 5.90. The lowest BCUT2D eigenvalue weighted by Gasteiger charge is -2.42. The molecule has 1 heterocycles. The Kier molecular flexibility index (Phi) is 4.65. The van der Waals surface area contributed by atoms with Gasteiger partial charge < -0.3 is 0 Å². The molecule has 0 bridgehead atoms. The van der Waals surface area contributed by atoms with Crippen LogP contribution in [0.4, 0.5) is 0 Å². The highest BCUT2D eigenvalue weighted by Gasteiger charge is 2.37. The van der Waals surface area contributed by atoms with Crippen LogP contribution in [0.1, 0.15) is 39.5 Å². The van der Waals surface area contributed by atoms with Crippen molar-refractivity contribution >= 4 is 27.7 Å². The van der Waals surface area contributed by atoms with Crippen LogP contribution in [0.5, 0.6) is 0 Å². The fraction of sp³-hybridized carbons (Fsp3) is 1.00. The van der Waals surface area contributed by atoms with Crippen molar-refractivity contribution in [1.29, 1.82) is 0 Å². The van der Waals surface area contributed by atoms with Crippen LogP contribution in [-0.2, 0) is 0 Å². The first-order valence-corrected chi connectivity index (χ1v) is 8.75. The molecule has 1 saturated carbocycles. The average molecular weight is 306 g/mol. The fourth-order valence-electron chi connectivity index (χ4n) is 3.11. The van der Waals surface area contributed by atoms with Gasteiger partial charge in [-0.3, -0.25) is 4.90 Å². The van der Waals surface area contributed by atoms with Crippen LogP contribution in [0.25, 0.3) is 0 Å². The zero-order valence-corrected chi connectivity index (χ0v) is 12.9. The minimum atomic E-state index is 0.593. The molecule has 0 spiro atoms. The fourth-order valence-corrected chi connectivity index (χ4v) is 5.01. The summed E-state index contributed by atoms with van der Waals surface area (Å²) in [5.41, 5.74) is 0.593. The Morgan fingerprint density at radius 3 is 2.62 bits per heavy atom. The summed E-state index contributed by atoms with van der Waals surface area (Å²) in [5, 5.41) is 2.01. The normalized spacial score (nSPS) is 35.4. The van der Waals surface area contributed by atoms with E-state index in [1.54, 1.807) is 0 Å². The van der Waals surface area contributed by atoms with Gasteiger partial charge in [0.15, 0.2) is 0 Å². The summed E-state index contributed by atoms with van der Waals surface area (Å²) in [6.45, 7) is 7.42. The number of hydrogen-bond donors (Lipinski definition) is 0. The van der Waals surface area contributed by atoms with Crippen LogP contribution in [0.2, 0.25) is 0 Å². The van der Waals surface area contributed by atoms with Crippen molar-refractivity contribution in [1.82, 2.24) is 4.90 Å². The van der Waals surface area contributed by atoms with Gasteiger partial charge in [-0.1, -0.05) is 35.7 Å². The first kappa shape index (κ1) is 13.2. The molecule has 0 aromatic rings. The Morgan fingerprint density at radius 2 is 2.00 bits per heavy atom. The van der Waals surface area contributed by atoms with Gasteiger partial charge in [-0.2, -0.15) is 11.8 Å². The molecule has 0 aromatic carbocycles. The third kappa shape index (κ3) is 2.78. The van der Waals surface area contributed by atoms with E-state index in [1.807, 2.05) is 0 Å². The number of halogens is 1. The number of rotatable bonds is 3. The standard InChI is InChI=1S/C13H24BrNS/c1-11-12(2)16-8-7-15(11)10-13(9-14)5-3-4-6-13/h11-12H,3-10H2,1-2H3. The smallest absolute Gasteiger partial charge is 0.0184 e. The lowest BCUT2D eigenvalue weighted by atomic mass is 9.87. The van der Waals surface area contributed by atoms with Crippen LogP contribution >= 0.6 is 27.7 Å². The van der Waals surface area contributed by atoms with Gasteiger partial charge in [0.2, 0.25) is 0 Å². The van der Waals surface area contributed by atoms with E-state index in [4.69, 9.17) is 0 Å². The van der Waals surface area contributed by atoms with E-state index >= 15 is 0 Å². The number of thioether (sulfide) groups is 1. The predicted octanol–water partition coefficient (Wildman–Crippen LogP) is 3.77. The molecule has 94 valence electrons. The Morgan fingerprint density at radius 1 is 1.31 bits per heavy atom. The molecule has 0 N–H and O–H groups in total. The molecule has 0 aromatic heterocycles. The Labute approximate surface area is 113 Å². The number of hydrogen-bond acceptors (Lipinski definition) is 2. The third-order valence-corrected chi connectivity index (χ3v) is 7.03. The summed E-state index contributed by atoms with van der Waals surface area (Å²) in [6, 6.07) is 0.760. The van der Waals surface area contributed by atoms with Crippen LogP contribution < -0.4 is 0 Å². The lowest BCUT2D eigenvalue weighted by Crippen LogP contribution is -2.49. The molecule has 2 fully saturated rings. The van der Waals surface area contributed by atoms with Crippen molar-refractivity contribution in [3.8, 4) is 0 Å². The molecule has 1 nitrogen and oxygen atoms in total. The van der Waals surface area contributed by atoms with Gasteiger partial charge >= 0.3 is 0 Å². The van der Waals surface area contributed by atoms with Gasteiger partial charge in [-0.25, -0.2) is 0 Å². The second kappa shape index (κ2) is 5.62. The van der Waals surface area contributed by atoms with Gasteiger partial charge in [0, 0.05) is 35.5 Å². The maximum Gasteiger partial charge on any atom is 0.0184 e. The molecule has 3 heteroatoms. The second-order valence-corrected chi connectivity index (χ2v) is 7.67. The van der Waals surface area contributed by atoms with Gasteiger partial charge in [0.25, 0.3) is 0 Å². The minimum Gasteiger partial charge on any atom is -0.298 e. The van der Waals surface area contributed by atoms with E-state index in [9.17, 15) is 0 Å². The second-order valence-electron chi connectivity index (χ2n) is 5.63. The molecule has 2 unspecified atom stereocenters. The topological polar surface area (TPSA) is 3.24 Å². The highest BCUT2D eigenvalue weighted by molar-refractivity contribution is 9.09. The van der Waals surface area contributed by atoms with E-state index < -0.39 is 0 Å². The average Bonchev–Trinajstić information content (AvgIpc) is 2.74. The first-order chi connectivity index (χ1) is 7.67. The van der Waals surface area contributed by atoms with E-state index in [0.717, 1.165) is 11.3 Å². The first-order valence-electron chi connectivity index (χ1n) is 6.58. The van der Waals surface area contributed by atoms with Crippen molar-refractivity contribution in [3.05, 3.63) is 0 Å². The molecule has 1 aliphatic carbocycles. The van der Waals surface area contributed by atoms with Crippen LogP contribution in [0, 0.1) is 5.41 Å². The monoisotopic (exact) mass is 305 g/mol. The maximum absolute atomic E-state index is 3.76. The number of nitrogens with zero attached hydrogens (tertiary/aromatic N) is 1. The zero-order chi connectivity index (χ0) is 11.6. The Hall–Kier alpha value is 0.790. The van der Waals surface area contributed by atoms with Crippen molar-refractivity contribution in [2.45, 2.75) is 50.8 Å². The van der Waals surface area contributed by atoms with E-state index in [1.165, 1.54) is 49.9 Å². The molecule has 0 radical (unpaired) electrons. The van der Waals surface area contributed by atoms with Crippen LogP contribution in [-0.4, -0.2) is 40.4 Å². The molecule has 1 saturated heterocycles. The Balaban J connectivity index is 1.96. The zero-order valence-electron chi connectivity index (χ0n) is 10.5. The molecule has 0 amide bonds. The van der Waals surface area contributed by atoms with Gasteiger partial charge in [-0.05, 0) is 25.2 Å². The van der Waals surface area contributed by atoms with Crippen molar-refractivity contribution < 1.29 is 0 Å². The molecular weight excluding hydrogens is 282 g/mol. The Bertz CT molecular complexity index is 228. The lowest BCUT2D eigenvalue weighted by molar-refractivity contribution is 0.135. The number of alkyl halides is 1. The quantitative estimate of drug-likeness (QED) is 0.730. The minimum absolute atomic E-state index is 0.593. The molecular formula is C13H24BrNS. The van der Waals surface area contributed by atoms with Crippen molar-refractivity contribution in [2.24, 2.45) is 5.41 Å². The molecule has 2 rings (SSSR count). The molecule has 1 aliphatic heterocycles. The van der Waals surface area contributed by atoms with Crippen molar-refractivity contribution in [3.63, 3.8) is 0 Å². The van der Waals surface area contributed by atoms with Crippen molar-refractivity contribution in [2.75, 3.05) is 24.2 Å².